The molecule has 2 aromatic rings. The monoisotopic (exact) mass is 376 g/mol. The molecule has 0 radical (unpaired) electrons. The van der Waals surface area contributed by atoms with Gasteiger partial charge in [0.25, 0.3) is 0 Å². The molecule has 1 aliphatic rings. The Labute approximate surface area is 155 Å². The Morgan fingerprint density at radius 2 is 1.92 bits per heavy atom. The van der Waals surface area contributed by atoms with E-state index < -0.39 is 15.8 Å². The van der Waals surface area contributed by atoms with Gasteiger partial charge < -0.3 is 4.90 Å². The number of rotatable bonds is 7. The van der Waals surface area contributed by atoms with Crippen LogP contribution in [-0.2, 0) is 22.9 Å². The lowest BCUT2D eigenvalue weighted by molar-refractivity contribution is 0.580. The van der Waals surface area contributed by atoms with Crippen molar-refractivity contribution < 1.29 is 12.8 Å². The Kier molecular flexibility index (Phi) is 5.94. The average molecular weight is 376 g/mol. The number of nitrogens with one attached hydrogen (secondary N) is 1. The van der Waals surface area contributed by atoms with E-state index in [1.54, 1.807) is 0 Å². The van der Waals surface area contributed by atoms with Crippen LogP contribution in [0.3, 0.4) is 0 Å². The summed E-state index contributed by atoms with van der Waals surface area (Å²) >= 11 is 0. The molecule has 0 fully saturated rings. The number of benzene rings is 2. The summed E-state index contributed by atoms with van der Waals surface area (Å²) in [6.45, 7) is 4.69. The summed E-state index contributed by atoms with van der Waals surface area (Å²) < 4.78 is 40.0. The first-order valence-corrected chi connectivity index (χ1v) is 10.6. The van der Waals surface area contributed by atoms with Crippen molar-refractivity contribution in [2.75, 3.05) is 24.5 Å². The zero-order valence-electron chi connectivity index (χ0n) is 15.0. The van der Waals surface area contributed by atoms with Crippen LogP contribution >= 0.6 is 0 Å². The molecule has 2 aromatic carbocycles. The van der Waals surface area contributed by atoms with E-state index in [1.165, 1.54) is 23.4 Å². The van der Waals surface area contributed by atoms with Gasteiger partial charge in [0.05, 0.1) is 4.90 Å². The van der Waals surface area contributed by atoms with Gasteiger partial charge in [0.1, 0.15) is 5.82 Å². The number of hydrogen-bond acceptors (Lipinski definition) is 3. The van der Waals surface area contributed by atoms with Crippen LogP contribution in [0.5, 0.6) is 0 Å². The van der Waals surface area contributed by atoms with E-state index >= 15 is 0 Å². The van der Waals surface area contributed by atoms with Gasteiger partial charge >= 0.3 is 0 Å². The standard InChI is InChI=1S/C20H25FN2O2S/c1-2-13-23-14-3-4-17-15-16(5-10-20(17)23)11-12-22-26(24,25)19-8-6-18(21)7-9-19/h5-10,15,22H,2-4,11-14H2,1H3. The zero-order valence-corrected chi connectivity index (χ0v) is 15.9. The third-order valence-corrected chi connectivity index (χ3v) is 6.16. The smallest absolute Gasteiger partial charge is 0.240 e. The van der Waals surface area contributed by atoms with Gasteiger partial charge in [0, 0.05) is 25.3 Å². The van der Waals surface area contributed by atoms with Gasteiger partial charge in [-0.2, -0.15) is 0 Å². The highest BCUT2D eigenvalue weighted by molar-refractivity contribution is 7.89. The van der Waals surface area contributed by atoms with E-state index in [-0.39, 0.29) is 4.90 Å². The maximum Gasteiger partial charge on any atom is 0.240 e. The Morgan fingerprint density at radius 3 is 2.65 bits per heavy atom. The number of fused-ring (bicyclic) bond motifs is 1. The molecule has 1 aliphatic heterocycles. The second kappa shape index (κ2) is 8.18. The molecule has 6 heteroatoms. The van der Waals surface area contributed by atoms with Gasteiger partial charge in [-0.15, -0.1) is 0 Å². The maximum atomic E-state index is 12.9. The minimum atomic E-state index is -3.61. The summed E-state index contributed by atoms with van der Waals surface area (Å²) in [6.07, 6.45) is 3.99. The molecule has 3 rings (SSSR count). The highest BCUT2D eigenvalue weighted by Crippen LogP contribution is 2.28. The lowest BCUT2D eigenvalue weighted by Gasteiger charge is -2.31. The van der Waals surface area contributed by atoms with E-state index in [4.69, 9.17) is 0 Å². The first-order chi connectivity index (χ1) is 12.5. The van der Waals surface area contributed by atoms with Gasteiger partial charge in [-0.1, -0.05) is 19.1 Å². The van der Waals surface area contributed by atoms with E-state index in [0.29, 0.717) is 13.0 Å². The maximum absolute atomic E-state index is 12.9. The number of sulfonamides is 1. The predicted molar refractivity (Wildman–Crippen MR) is 103 cm³/mol. The molecule has 26 heavy (non-hydrogen) atoms. The van der Waals surface area contributed by atoms with Crippen LogP contribution in [0, 0.1) is 5.82 Å². The third-order valence-electron chi connectivity index (χ3n) is 4.68. The quantitative estimate of drug-likeness (QED) is 0.804. The zero-order chi connectivity index (χ0) is 18.6. The molecule has 0 atom stereocenters. The Morgan fingerprint density at radius 1 is 1.15 bits per heavy atom. The predicted octanol–water partition coefficient (Wildman–Crippen LogP) is 3.51. The summed E-state index contributed by atoms with van der Waals surface area (Å²) in [7, 11) is -3.61. The highest BCUT2D eigenvalue weighted by Gasteiger charge is 2.17. The minimum Gasteiger partial charge on any atom is -0.371 e. The first-order valence-electron chi connectivity index (χ1n) is 9.11. The van der Waals surface area contributed by atoms with Crippen LogP contribution in [0.1, 0.15) is 30.9 Å². The van der Waals surface area contributed by atoms with Crippen molar-refractivity contribution in [2.45, 2.75) is 37.5 Å². The Balaban J connectivity index is 1.62. The summed E-state index contributed by atoms with van der Waals surface area (Å²) in [4.78, 5) is 2.51. The number of anilines is 1. The van der Waals surface area contributed by atoms with Crippen molar-refractivity contribution in [3.8, 4) is 0 Å². The third kappa shape index (κ3) is 4.43. The Hall–Kier alpha value is -1.92. The molecule has 0 saturated carbocycles. The van der Waals surface area contributed by atoms with E-state index in [9.17, 15) is 12.8 Å². The molecule has 1 heterocycles. The molecule has 0 unspecified atom stereocenters. The van der Waals surface area contributed by atoms with Crippen molar-refractivity contribution in [3.63, 3.8) is 0 Å². The highest BCUT2D eigenvalue weighted by atomic mass is 32.2. The number of nitrogens with zero attached hydrogens (tertiary/aromatic N) is 1. The first kappa shape index (κ1) is 18.9. The van der Waals surface area contributed by atoms with Gasteiger partial charge in [-0.25, -0.2) is 17.5 Å². The van der Waals surface area contributed by atoms with Crippen molar-refractivity contribution in [1.82, 2.24) is 4.72 Å². The molecule has 0 saturated heterocycles. The molecule has 0 bridgehead atoms. The van der Waals surface area contributed by atoms with Crippen LogP contribution in [0.4, 0.5) is 10.1 Å². The fourth-order valence-corrected chi connectivity index (χ4v) is 4.44. The van der Waals surface area contributed by atoms with Crippen LogP contribution in [0.2, 0.25) is 0 Å². The second-order valence-electron chi connectivity index (χ2n) is 6.66. The molecular weight excluding hydrogens is 351 g/mol. The van der Waals surface area contributed by atoms with Gasteiger partial charge in [0.2, 0.25) is 10.0 Å². The van der Waals surface area contributed by atoms with E-state index in [1.807, 2.05) is 0 Å². The minimum absolute atomic E-state index is 0.0829. The second-order valence-corrected chi connectivity index (χ2v) is 8.42. The molecule has 0 aromatic heterocycles. The number of aryl methyl sites for hydroxylation is 1. The SMILES string of the molecule is CCCN1CCCc2cc(CCNS(=O)(=O)c3ccc(F)cc3)ccc21. The van der Waals surface area contributed by atoms with Gasteiger partial charge in [-0.05, 0) is 67.1 Å². The Bertz CT molecular complexity index is 851. The average Bonchev–Trinajstić information content (AvgIpc) is 2.62. The van der Waals surface area contributed by atoms with Crippen molar-refractivity contribution in [2.24, 2.45) is 0 Å². The van der Waals surface area contributed by atoms with Crippen LogP contribution in [-0.4, -0.2) is 28.1 Å². The molecule has 0 spiro atoms. The molecule has 140 valence electrons. The van der Waals surface area contributed by atoms with Gasteiger partial charge in [-0.3, -0.25) is 0 Å². The van der Waals surface area contributed by atoms with Crippen LogP contribution < -0.4 is 9.62 Å². The number of halogens is 1. The molecule has 0 aliphatic carbocycles. The summed E-state index contributed by atoms with van der Waals surface area (Å²) in [5.41, 5.74) is 3.79. The van der Waals surface area contributed by atoms with Crippen LogP contribution in [0.25, 0.3) is 0 Å². The number of hydrogen-bond donors (Lipinski definition) is 1. The topological polar surface area (TPSA) is 49.4 Å². The van der Waals surface area contributed by atoms with Gasteiger partial charge in [0.15, 0.2) is 0 Å². The molecular formula is C20H25FN2O2S. The fraction of sp³-hybridized carbons (Fsp3) is 0.400. The fourth-order valence-electron chi connectivity index (χ4n) is 3.41. The molecule has 1 N–H and O–H groups in total. The molecule has 4 nitrogen and oxygen atoms in total. The normalized spacial score (nSPS) is 14.3. The summed E-state index contributed by atoms with van der Waals surface area (Å²) in [5.74, 6) is -0.449. The van der Waals surface area contributed by atoms with E-state index in [0.717, 1.165) is 50.0 Å². The summed E-state index contributed by atoms with van der Waals surface area (Å²) in [5, 5.41) is 0. The van der Waals surface area contributed by atoms with Crippen molar-refractivity contribution in [1.29, 1.82) is 0 Å². The lowest BCUT2D eigenvalue weighted by atomic mass is 9.98. The largest absolute Gasteiger partial charge is 0.371 e. The lowest BCUT2D eigenvalue weighted by Crippen LogP contribution is -2.30. The van der Waals surface area contributed by atoms with Crippen LogP contribution in [0.15, 0.2) is 47.4 Å². The molecule has 0 amide bonds. The van der Waals surface area contributed by atoms with Crippen molar-refractivity contribution in [3.05, 3.63) is 59.4 Å². The summed E-state index contributed by atoms with van der Waals surface area (Å²) in [6, 6.07) is 11.3. The van der Waals surface area contributed by atoms with Crippen molar-refractivity contribution >= 4 is 15.7 Å². The van der Waals surface area contributed by atoms with E-state index in [2.05, 4.69) is 34.7 Å².